The van der Waals surface area contributed by atoms with Gasteiger partial charge in [0.25, 0.3) is 10.0 Å². The number of sulfonamides is 1. The lowest BCUT2D eigenvalue weighted by Crippen LogP contribution is -2.13. The van der Waals surface area contributed by atoms with E-state index >= 15 is 0 Å². The van der Waals surface area contributed by atoms with Gasteiger partial charge in [-0.05, 0) is 42.3 Å². The Bertz CT molecular complexity index is 948. The molecule has 0 aliphatic carbocycles. The van der Waals surface area contributed by atoms with Crippen LogP contribution in [0.3, 0.4) is 0 Å². The second-order valence-electron chi connectivity index (χ2n) is 5.08. The maximum Gasteiger partial charge on any atom is 0.262 e. The monoisotopic (exact) mass is 363 g/mol. The molecule has 1 N–H and O–H groups in total. The highest BCUT2D eigenvalue weighted by Crippen LogP contribution is 2.32. The van der Waals surface area contributed by atoms with Gasteiger partial charge in [-0.1, -0.05) is 41.9 Å². The molecule has 0 fully saturated rings. The van der Waals surface area contributed by atoms with Crippen molar-refractivity contribution in [3.8, 4) is 10.4 Å². The Balaban J connectivity index is 1.89. The van der Waals surface area contributed by atoms with Crippen LogP contribution in [0.2, 0.25) is 5.02 Å². The number of halogens is 1. The molecular weight excluding hydrogens is 350 g/mol. The van der Waals surface area contributed by atoms with Crippen molar-refractivity contribution in [2.45, 2.75) is 11.8 Å². The van der Waals surface area contributed by atoms with E-state index in [-0.39, 0.29) is 4.90 Å². The summed E-state index contributed by atoms with van der Waals surface area (Å²) in [5, 5.41) is 2.43. The summed E-state index contributed by atoms with van der Waals surface area (Å²) in [5.74, 6) is 0. The van der Waals surface area contributed by atoms with E-state index < -0.39 is 10.0 Å². The lowest BCUT2D eigenvalue weighted by molar-refractivity contribution is 0.600. The van der Waals surface area contributed by atoms with Crippen molar-refractivity contribution in [3.05, 3.63) is 70.6 Å². The van der Waals surface area contributed by atoms with Crippen LogP contribution < -0.4 is 4.72 Å². The second kappa shape index (κ2) is 6.35. The SMILES string of the molecule is Cc1ccccc1S(=O)(=O)Nc1csc(-c2cccc(Cl)c2)c1. The molecule has 0 saturated carbocycles. The average molecular weight is 364 g/mol. The smallest absolute Gasteiger partial charge is 0.262 e. The number of thiophene rings is 1. The van der Waals surface area contributed by atoms with Crippen LogP contribution in [0.5, 0.6) is 0 Å². The number of aryl methyl sites for hydroxylation is 1. The van der Waals surface area contributed by atoms with Gasteiger partial charge in [0.2, 0.25) is 0 Å². The highest BCUT2D eigenvalue weighted by atomic mass is 35.5. The van der Waals surface area contributed by atoms with E-state index in [1.54, 1.807) is 36.6 Å². The van der Waals surface area contributed by atoms with Crippen molar-refractivity contribution in [1.82, 2.24) is 0 Å². The van der Waals surface area contributed by atoms with Gasteiger partial charge >= 0.3 is 0 Å². The van der Waals surface area contributed by atoms with Gasteiger partial charge in [0.15, 0.2) is 0 Å². The Morgan fingerprint density at radius 2 is 1.83 bits per heavy atom. The Hall–Kier alpha value is -1.82. The molecule has 6 heteroatoms. The van der Waals surface area contributed by atoms with Crippen molar-refractivity contribution in [3.63, 3.8) is 0 Å². The molecule has 1 aromatic heterocycles. The van der Waals surface area contributed by atoms with E-state index in [9.17, 15) is 8.42 Å². The molecule has 3 nitrogen and oxygen atoms in total. The summed E-state index contributed by atoms with van der Waals surface area (Å²) in [4.78, 5) is 1.24. The third-order valence-corrected chi connectivity index (χ3v) is 6.10. The summed E-state index contributed by atoms with van der Waals surface area (Å²) >= 11 is 7.46. The summed E-state index contributed by atoms with van der Waals surface area (Å²) in [6.07, 6.45) is 0. The minimum atomic E-state index is -3.59. The van der Waals surface area contributed by atoms with Crippen LogP contribution in [-0.4, -0.2) is 8.42 Å². The molecule has 0 aliphatic rings. The quantitative estimate of drug-likeness (QED) is 0.694. The van der Waals surface area contributed by atoms with Gasteiger partial charge < -0.3 is 0 Å². The predicted molar refractivity (Wildman–Crippen MR) is 96.8 cm³/mol. The van der Waals surface area contributed by atoms with E-state index in [2.05, 4.69) is 4.72 Å². The van der Waals surface area contributed by atoms with Gasteiger partial charge in [-0.15, -0.1) is 11.3 Å². The molecule has 3 rings (SSSR count). The van der Waals surface area contributed by atoms with Crippen LogP contribution in [0.1, 0.15) is 5.56 Å². The molecule has 0 saturated heterocycles. The molecule has 0 unspecified atom stereocenters. The summed E-state index contributed by atoms with van der Waals surface area (Å²) in [7, 11) is -3.59. The molecule has 0 atom stereocenters. The van der Waals surface area contributed by atoms with Crippen molar-refractivity contribution < 1.29 is 8.42 Å². The van der Waals surface area contributed by atoms with Crippen LogP contribution in [0.15, 0.2) is 64.9 Å². The topological polar surface area (TPSA) is 46.2 Å². The van der Waals surface area contributed by atoms with Crippen molar-refractivity contribution in [1.29, 1.82) is 0 Å². The largest absolute Gasteiger partial charge is 0.279 e. The zero-order chi connectivity index (χ0) is 16.4. The molecule has 3 aromatic rings. The molecule has 1 heterocycles. The molecule has 0 bridgehead atoms. The fourth-order valence-electron chi connectivity index (χ4n) is 2.25. The number of benzene rings is 2. The molecule has 0 amide bonds. The van der Waals surface area contributed by atoms with Crippen molar-refractivity contribution in [2.75, 3.05) is 4.72 Å². The van der Waals surface area contributed by atoms with E-state index in [0.717, 1.165) is 10.4 Å². The molecular formula is C17H14ClNO2S2. The van der Waals surface area contributed by atoms with Gasteiger partial charge in [0.05, 0.1) is 10.6 Å². The van der Waals surface area contributed by atoms with Crippen LogP contribution in [0.25, 0.3) is 10.4 Å². The number of hydrogen-bond donors (Lipinski definition) is 1. The number of rotatable bonds is 4. The number of anilines is 1. The molecule has 0 aliphatic heterocycles. The summed E-state index contributed by atoms with van der Waals surface area (Å²) in [5.41, 5.74) is 2.22. The van der Waals surface area contributed by atoms with E-state index in [0.29, 0.717) is 16.3 Å². The van der Waals surface area contributed by atoms with Gasteiger partial charge in [0.1, 0.15) is 0 Å². The zero-order valence-electron chi connectivity index (χ0n) is 12.3. The third kappa shape index (κ3) is 3.58. The lowest BCUT2D eigenvalue weighted by atomic mass is 10.2. The molecule has 118 valence electrons. The van der Waals surface area contributed by atoms with E-state index in [1.807, 2.05) is 30.3 Å². The minimum absolute atomic E-state index is 0.288. The van der Waals surface area contributed by atoms with Crippen LogP contribution >= 0.6 is 22.9 Å². The van der Waals surface area contributed by atoms with E-state index in [4.69, 9.17) is 11.6 Å². The molecule has 0 radical (unpaired) electrons. The summed E-state index contributed by atoms with van der Waals surface area (Å²) in [6.45, 7) is 1.78. The predicted octanol–water partition coefficient (Wildman–Crippen LogP) is 5.18. The average Bonchev–Trinajstić information content (AvgIpc) is 2.95. The van der Waals surface area contributed by atoms with Crippen LogP contribution in [-0.2, 0) is 10.0 Å². The highest BCUT2D eigenvalue weighted by Gasteiger charge is 2.17. The molecule has 23 heavy (non-hydrogen) atoms. The fourth-order valence-corrected chi connectivity index (χ4v) is 4.64. The maximum atomic E-state index is 12.5. The van der Waals surface area contributed by atoms with Crippen molar-refractivity contribution >= 4 is 38.6 Å². The number of nitrogens with one attached hydrogen (secondary N) is 1. The van der Waals surface area contributed by atoms with Gasteiger partial charge in [-0.3, -0.25) is 4.72 Å². The first kappa shape index (κ1) is 16.1. The summed E-state index contributed by atoms with van der Waals surface area (Å²) in [6, 6.07) is 16.2. The van der Waals surface area contributed by atoms with E-state index in [1.165, 1.54) is 11.3 Å². The summed E-state index contributed by atoms with van der Waals surface area (Å²) < 4.78 is 27.6. The van der Waals surface area contributed by atoms with Crippen LogP contribution in [0, 0.1) is 6.92 Å². The maximum absolute atomic E-state index is 12.5. The Morgan fingerprint density at radius 1 is 1.04 bits per heavy atom. The van der Waals surface area contributed by atoms with Gasteiger partial charge in [-0.2, -0.15) is 0 Å². The molecule has 0 spiro atoms. The first-order chi connectivity index (χ1) is 11.0. The standard InChI is InChI=1S/C17H14ClNO2S2/c1-12-5-2-3-8-17(12)23(20,21)19-15-10-16(22-11-15)13-6-4-7-14(18)9-13/h2-11,19H,1H3. The Morgan fingerprint density at radius 3 is 2.57 bits per heavy atom. The second-order valence-corrected chi connectivity index (χ2v) is 8.08. The lowest BCUT2D eigenvalue weighted by Gasteiger charge is -2.08. The van der Waals surface area contributed by atoms with Crippen LogP contribution in [0.4, 0.5) is 5.69 Å². The minimum Gasteiger partial charge on any atom is -0.279 e. The zero-order valence-corrected chi connectivity index (χ0v) is 14.7. The number of hydrogen-bond acceptors (Lipinski definition) is 3. The van der Waals surface area contributed by atoms with Gasteiger partial charge in [-0.25, -0.2) is 8.42 Å². The van der Waals surface area contributed by atoms with Crippen molar-refractivity contribution in [2.24, 2.45) is 0 Å². The first-order valence-corrected chi connectivity index (χ1v) is 9.63. The third-order valence-electron chi connectivity index (χ3n) is 3.34. The highest BCUT2D eigenvalue weighted by molar-refractivity contribution is 7.92. The Kier molecular flexibility index (Phi) is 4.43. The normalized spacial score (nSPS) is 11.4. The van der Waals surface area contributed by atoms with Gasteiger partial charge in [0, 0.05) is 15.3 Å². The fraction of sp³-hybridized carbons (Fsp3) is 0.0588. The molecule has 2 aromatic carbocycles. The first-order valence-electron chi connectivity index (χ1n) is 6.89. The Labute approximate surface area is 144 Å².